The Bertz CT molecular complexity index is 497. The zero-order valence-corrected chi connectivity index (χ0v) is 13.4. The summed E-state index contributed by atoms with van der Waals surface area (Å²) in [6, 6.07) is 7.53. The molecule has 0 aliphatic carbocycles. The number of benzene rings is 1. The Labute approximate surface area is 132 Å². The van der Waals surface area contributed by atoms with Gasteiger partial charge in [-0.25, -0.2) is 4.79 Å². The van der Waals surface area contributed by atoms with E-state index in [4.69, 9.17) is 9.47 Å². The smallest absolute Gasteiger partial charge is 0.335 e. The minimum Gasteiger partial charge on any atom is -0.454 e. The molecule has 1 fully saturated rings. The van der Waals surface area contributed by atoms with Crippen LogP contribution in [-0.2, 0) is 19.1 Å². The monoisotopic (exact) mass is 355 g/mol. The Hall–Kier alpha value is -1.40. The maximum Gasteiger partial charge on any atom is 0.335 e. The van der Waals surface area contributed by atoms with Crippen LogP contribution >= 0.6 is 15.9 Å². The fourth-order valence-electron chi connectivity index (χ4n) is 2.11. The van der Waals surface area contributed by atoms with E-state index < -0.39 is 12.1 Å². The van der Waals surface area contributed by atoms with Crippen molar-refractivity contribution < 1.29 is 19.1 Å². The fraction of sp³-hybridized carbons (Fsp3) is 0.467. The van der Waals surface area contributed by atoms with Crippen LogP contribution in [0.25, 0.3) is 0 Å². The molecule has 2 rings (SSSR count). The van der Waals surface area contributed by atoms with Crippen molar-refractivity contribution in [1.82, 2.24) is 5.32 Å². The van der Waals surface area contributed by atoms with Crippen LogP contribution in [0.3, 0.4) is 0 Å². The first-order valence-corrected chi connectivity index (χ1v) is 7.68. The van der Waals surface area contributed by atoms with Crippen molar-refractivity contribution in [3.8, 4) is 0 Å². The van der Waals surface area contributed by atoms with E-state index in [1.165, 1.54) is 0 Å². The lowest BCUT2D eigenvalue weighted by Crippen LogP contribution is -2.33. The highest BCUT2D eigenvalue weighted by molar-refractivity contribution is 9.10. The van der Waals surface area contributed by atoms with Gasteiger partial charge in [0, 0.05) is 11.1 Å². The first-order chi connectivity index (χ1) is 10.1. The molecule has 1 aromatic carbocycles. The van der Waals surface area contributed by atoms with Crippen molar-refractivity contribution in [2.24, 2.45) is 0 Å². The molecule has 0 radical (unpaired) electrons. The van der Waals surface area contributed by atoms with E-state index in [0.29, 0.717) is 13.0 Å². The van der Waals surface area contributed by atoms with Crippen LogP contribution in [0.2, 0.25) is 0 Å². The maximum absolute atomic E-state index is 11.8. The van der Waals surface area contributed by atoms with E-state index in [9.17, 15) is 9.59 Å². The van der Waals surface area contributed by atoms with Gasteiger partial charge in [0.1, 0.15) is 0 Å². The number of nitrogens with one attached hydrogen (secondary N) is 1. The number of halogens is 1. The lowest BCUT2D eigenvalue weighted by atomic mass is 10.1. The molecule has 2 atom stereocenters. The number of amides is 1. The highest BCUT2D eigenvalue weighted by Crippen LogP contribution is 2.16. The molecular weight excluding hydrogens is 338 g/mol. The number of rotatable bonds is 5. The Morgan fingerprint density at radius 2 is 2.14 bits per heavy atom. The van der Waals surface area contributed by atoms with Gasteiger partial charge in [-0.15, -0.1) is 0 Å². The predicted octanol–water partition coefficient (Wildman–Crippen LogP) is 2.35. The molecule has 0 saturated carbocycles. The molecule has 1 N–H and O–H groups in total. The number of carbonyl (C=O) groups excluding carboxylic acids is 2. The minimum atomic E-state index is -0.512. The average molecular weight is 356 g/mol. The molecule has 0 bridgehead atoms. The second kappa shape index (κ2) is 7.56. The minimum absolute atomic E-state index is 0.146. The van der Waals surface area contributed by atoms with Crippen LogP contribution < -0.4 is 5.32 Å². The molecule has 1 aromatic rings. The lowest BCUT2D eigenvalue weighted by Gasteiger charge is -2.15. The van der Waals surface area contributed by atoms with Crippen LogP contribution in [0.1, 0.15) is 31.4 Å². The van der Waals surface area contributed by atoms with Crippen LogP contribution in [0.15, 0.2) is 28.7 Å². The van der Waals surface area contributed by atoms with E-state index in [0.717, 1.165) is 16.5 Å². The molecule has 1 saturated heterocycles. The molecule has 114 valence electrons. The molecule has 1 amide bonds. The van der Waals surface area contributed by atoms with Gasteiger partial charge < -0.3 is 14.8 Å². The number of carbonyl (C=O) groups is 2. The van der Waals surface area contributed by atoms with E-state index >= 15 is 0 Å². The zero-order valence-electron chi connectivity index (χ0n) is 11.8. The highest BCUT2D eigenvalue weighted by atomic mass is 79.9. The summed E-state index contributed by atoms with van der Waals surface area (Å²) in [5.74, 6) is -0.782. The van der Waals surface area contributed by atoms with Gasteiger partial charge in [-0.3, -0.25) is 4.79 Å². The standard InChI is InChI=1S/C15H18BrNO4/c1-10(11-4-6-12(16)7-5-11)17-14(18)9-21-15(19)13-3-2-8-20-13/h4-7,10,13H,2-3,8-9H2,1H3,(H,17,18)/t10-,13+/m0/s1. The van der Waals surface area contributed by atoms with Crippen molar-refractivity contribution >= 4 is 27.8 Å². The molecule has 0 aromatic heterocycles. The van der Waals surface area contributed by atoms with Crippen LogP contribution in [0.4, 0.5) is 0 Å². The Morgan fingerprint density at radius 1 is 1.43 bits per heavy atom. The second-order valence-corrected chi connectivity index (χ2v) is 5.87. The van der Waals surface area contributed by atoms with Crippen molar-refractivity contribution in [2.75, 3.05) is 13.2 Å². The molecule has 6 heteroatoms. The lowest BCUT2D eigenvalue weighted by molar-refractivity contribution is -0.157. The van der Waals surface area contributed by atoms with Gasteiger partial charge in [-0.2, -0.15) is 0 Å². The normalized spacial score (nSPS) is 19.0. The van der Waals surface area contributed by atoms with Gasteiger partial charge in [0.25, 0.3) is 5.91 Å². The molecule has 5 nitrogen and oxygen atoms in total. The summed E-state index contributed by atoms with van der Waals surface area (Å²) in [4.78, 5) is 23.4. The van der Waals surface area contributed by atoms with E-state index in [2.05, 4.69) is 21.2 Å². The summed E-state index contributed by atoms with van der Waals surface area (Å²) >= 11 is 3.36. The first-order valence-electron chi connectivity index (χ1n) is 6.89. The van der Waals surface area contributed by atoms with E-state index in [-0.39, 0.29) is 18.6 Å². The van der Waals surface area contributed by atoms with Gasteiger partial charge in [-0.05, 0) is 37.5 Å². The molecular formula is C15H18BrNO4. The Morgan fingerprint density at radius 3 is 2.76 bits per heavy atom. The third kappa shape index (κ3) is 4.82. The van der Waals surface area contributed by atoms with Crippen LogP contribution in [0.5, 0.6) is 0 Å². The largest absolute Gasteiger partial charge is 0.454 e. The number of hydrogen-bond acceptors (Lipinski definition) is 4. The highest BCUT2D eigenvalue weighted by Gasteiger charge is 2.25. The van der Waals surface area contributed by atoms with Gasteiger partial charge in [0.15, 0.2) is 12.7 Å². The summed E-state index contributed by atoms with van der Waals surface area (Å²) < 4.78 is 11.1. The van der Waals surface area contributed by atoms with Crippen molar-refractivity contribution in [1.29, 1.82) is 0 Å². The van der Waals surface area contributed by atoms with Gasteiger partial charge in [-0.1, -0.05) is 28.1 Å². The average Bonchev–Trinajstić information content (AvgIpc) is 2.99. The maximum atomic E-state index is 11.8. The summed E-state index contributed by atoms with van der Waals surface area (Å²) in [6.07, 6.45) is 1.00. The molecule has 1 heterocycles. The number of hydrogen-bond donors (Lipinski definition) is 1. The first kappa shape index (κ1) is 16.0. The second-order valence-electron chi connectivity index (χ2n) is 4.95. The van der Waals surface area contributed by atoms with Crippen molar-refractivity contribution in [2.45, 2.75) is 31.9 Å². The van der Waals surface area contributed by atoms with E-state index in [1.54, 1.807) is 0 Å². The Kier molecular flexibility index (Phi) is 5.76. The summed E-state index contributed by atoms with van der Waals surface area (Å²) in [5, 5.41) is 2.79. The topological polar surface area (TPSA) is 64.6 Å². The number of ether oxygens (including phenoxy) is 2. The molecule has 1 aliphatic rings. The van der Waals surface area contributed by atoms with Crippen LogP contribution in [0, 0.1) is 0 Å². The third-order valence-electron chi connectivity index (χ3n) is 3.29. The van der Waals surface area contributed by atoms with Gasteiger partial charge in [0.2, 0.25) is 0 Å². The van der Waals surface area contributed by atoms with Gasteiger partial charge in [0.05, 0.1) is 6.04 Å². The predicted molar refractivity (Wildman–Crippen MR) is 80.6 cm³/mol. The molecule has 0 spiro atoms. The summed E-state index contributed by atoms with van der Waals surface area (Å²) in [7, 11) is 0. The number of esters is 1. The molecule has 21 heavy (non-hydrogen) atoms. The Balaban J connectivity index is 1.75. The van der Waals surface area contributed by atoms with E-state index in [1.807, 2.05) is 31.2 Å². The van der Waals surface area contributed by atoms with Crippen molar-refractivity contribution in [3.05, 3.63) is 34.3 Å². The summed E-state index contributed by atoms with van der Waals surface area (Å²) in [5.41, 5.74) is 0.983. The van der Waals surface area contributed by atoms with Gasteiger partial charge >= 0.3 is 5.97 Å². The van der Waals surface area contributed by atoms with Crippen LogP contribution in [-0.4, -0.2) is 31.2 Å². The zero-order chi connectivity index (χ0) is 15.2. The fourth-order valence-corrected chi connectivity index (χ4v) is 2.38. The summed E-state index contributed by atoms with van der Waals surface area (Å²) in [6.45, 7) is 2.18. The van der Waals surface area contributed by atoms with Crippen molar-refractivity contribution in [3.63, 3.8) is 0 Å². The molecule has 0 unspecified atom stereocenters. The molecule has 1 aliphatic heterocycles. The SMILES string of the molecule is C[C@H](NC(=O)COC(=O)[C@H]1CCCO1)c1ccc(Br)cc1. The third-order valence-corrected chi connectivity index (χ3v) is 3.81. The quantitative estimate of drug-likeness (QED) is 0.823.